The van der Waals surface area contributed by atoms with Gasteiger partial charge >= 0.3 is 0 Å². The first-order valence-electron chi connectivity index (χ1n) is 4.88. The maximum atomic E-state index is 2.30. The third kappa shape index (κ3) is 2.12. The van der Waals surface area contributed by atoms with Gasteiger partial charge in [0, 0.05) is 0 Å². The number of benzene rings is 1. The lowest BCUT2D eigenvalue weighted by atomic mass is 9.95. The van der Waals surface area contributed by atoms with E-state index in [-0.39, 0.29) is 7.43 Å². The molecule has 0 aromatic heterocycles. The summed E-state index contributed by atoms with van der Waals surface area (Å²) in [4.78, 5) is 0. The summed E-state index contributed by atoms with van der Waals surface area (Å²) in [6, 6.07) is 8.89. The van der Waals surface area contributed by atoms with E-state index < -0.39 is 0 Å². The van der Waals surface area contributed by atoms with Gasteiger partial charge in [-0.15, -0.1) is 0 Å². The second-order valence-corrected chi connectivity index (χ2v) is 4.06. The summed E-state index contributed by atoms with van der Waals surface area (Å²) in [5.41, 5.74) is 3.16. The lowest BCUT2D eigenvalue weighted by Crippen LogP contribution is -1.93. The van der Waals surface area contributed by atoms with Gasteiger partial charge in [0.05, 0.1) is 0 Å². The summed E-state index contributed by atoms with van der Waals surface area (Å²) in [5.74, 6) is 1.57. The molecule has 0 amide bonds. The molecule has 1 aromatic rings. The normalized spacial score (nSPS) is 15.6. The van der Waals surface area contributed by atoms with Gasteiger partial charge in [-0.3, -0.25) is 0 Å². The fourth-order valence-corrected chi connectivity index (χ4v) is 1.80. The minimum Gasteiger partial charge on any atom is -0.0776 e. The first-order valence-corrected chi connectivity index (χ1v) is 4.88. The Morgan fingerprint density at radius 2 is 1.77 bits per heavy atom. The largest absolute Gasteiger partial charge is 0.0776 e. The summed E-state index contributed by atoms with van der Waals surface area (Å²) < 4.78 is 0. The topological polar surface area (TPSA) is 0 Å². The Bertz CT molecular complexity index is 248. The molecule has 0 aliphatic heterocycles. The zero-order valence-electron chi connectivity index (χ0n) is 7.88. The van der Waals surface area contributed by atoms with Crippen LogP contribution in [0.1, 0.15) is 57.1 Å². The SMILES string of the molecule is C.CC(C)c1ccccc1C1CC1. The van der Waals surface area contributed by atoms with Crippen molar-refractivity contribution < 1.29 is 0 Å². The molecule has 0 bridgehead atoms. The van der Waals surface area contributed by atoms with Gasteiger partial charge in [0.15, 0.2) is 0 Å². The van der Waals surface area contributed by atoms with E-state index in [0.29, 0.717) is 5.92 Å². The molecular formula is C13H20. The van der Waals surface area contributed by atoms with Crippen molar-refractivity contribution in [1.29, 1.82) is 0 Å². The molecule has 0 spiro atoms. The zero-order chi connectivity index (χ0) is 8.55. The van der Waals surface area contributed by atoms with Gasteiger partial charge in [0.1, 0.15) is 0 Å². The van der Waals surface area contributed by atoms with Crippen LogP contribution in [0, 0.1) is 0 Å². The first kappa shape index (κ1) is 10.3. The Labute approximate surface area is 82.0 Å². The molecule has 1 saturated carbocycles. The summed E-state index contributed by atoms with van der Waals surface area (Å²) in [6.45, 7) is 4.56. The highest BCUT2D eigenvalue weighted by atomic mass is 14.3. The first-order chi connectivity index (χ1) is 5.79. The molecule has 0 radical (unpaired) electrons. The molecule has 0 nitrogen and oxygen atoms in total. The fourth-order valence-electron chi connectivity index (χ4n) is 1.80. The monoisotopic (exact) mass is 176 g/mol. The van der Waals surface area contributed by atoms with Gasteiger partial charge < -0.3 is 0 Å². The summed E-state index contributed by atoms with van der Waals surface area (Å²) in [6.07, 6.45) is 2.81. The quantitative estimate of drug-likeness (QED) is 0.629. The molecule has 72 valence electrons. The van der Waals surface area contributed by atoms with Crippen LogP contribution in [0.2, 0.25) is 0 Å². The van der Waals surface area contributed by atoms with E-state index in [2.05, 4.69) is 38.1 Å². The molecule has 1 aliphatic rings. The molecule has 2 rings (SSSR count). The van der Waals surface area contributed by atoms with Crippen molar-refractivity contribution in [3.63, 3.8) is 0 Å². The van der Waals surface area contributed by atoms with E-state index >= 15 is 0 Å². The Balaban J connectivity index is 0.000000845. The Morgan fingerprint density at radius 1 is 1.15 bits per heavy atom. The third-order valence-electron chi connectivity index (χ3n) is 2.64. The molecule has 0 N–H and O–H groups in total. The van der Waals surface area contributed by atoms with Gasteiger partial charge in [-0.25, -0.2) is 0 Å². The molecule has 13 heavy (non-hydrogen) atoms. The van der Waals surface area contributed by atoms with Crippen molar-refractivity contribution >= 4 is 0 Å². The van der Waals surface area contributed by atoms with Crippen LogP contribution >= 0.6 is 0 Å². The van der Waals surface area contributed by atoms with E-state index in [1.165, 1.54) is 12.8 Å². The van der Waals surface area contributed by atoms with E-state index in [9.17, 15) is 0 Å². The maximum absolute atomic E-state index is 2.30. The molecule has 0 saturated heterocycles. The average molecular weight is 176 g/mol. The van der Waals surface area contributed by atoms with E-state index in [1.54, 1.807) is 11.1 Å². The molecule has 1 fully saturated rings. The van der Waals surface area contributed by atoms with Gasteiger partial charge in [-0.05, 0) is 35.8 Å². The summed E-state index contributed by atoms with van der Waals surface area (Å²) in [5, 5.41) is 0. The Hall–Kier alpha value is -0.780. The van der Waals surface area contributed by atoms with Crippen LogP contribution in [0.4, 0.5) is 0 Å². The highest BCUT2D eigenvalue weighted by Gasteiger charge is 2.25. The van der Waals surface area contributed by atoms with Crippen LogP contribution in [0.3, 0.4) is 0 Å². The molecule has 0 heterocycles. The highest BCUT2D eigenvalue weighted by molar-refractivity contribution is 5.35. The third-order valence-corrected chi connectivity index (χ3v) is 2.64. The van der Waals surface area contributed by atoms with Crippen LogP contribution in [0.5, 0.6) is 0 Å². The second-order valence-electron chi connectivity index (χ2n) is 4.06. The smallest absolute Gasteiger partial charge is 0.0159 e. The number of hydrogen-bond acceptors (Lipinski definition) is 0. The Morgan fingerprint density at radius 3 is 2.31 bits per heavy atom. The Kier molecular flexibility index (Phi) is 3.13. The van der Waals surface area contributed by atoms with Crippen molar-refractivity contribution in [2.45, 2.75) is 46.0 Å². The van der Waals surface area contributed by atoms with Gasteiger partial charge in [-0.1, -0.05) is 45.5 Å². The van der Waals surface area contributed by atoms with Crippen molar-refractivity contribution in [3.8, 4) is 0 Å². The maximum Gasteiger partial charge on any atom is -0.0159 e. The van der Waals surface area contributed by atoms with Crippen LogP contribution in [0.25, 0.3) is 0 Å². The second kappa shape index (κ2) is 3.95. The zero-order valence-corrected chi connectivity index (χ0v) is 7.88. The summed E-state index contributed by atoms with van der Waals surface area (Å²) in [7, 11) is 0. The van der Waals surface area contributed by atoms with Gasteiger partial charge in [-0.2, -0.15) is 0 Å². The number of rotatable bonds is 2. The average Bonchev–Trinajstić information content (AvgIpc) is 2.87. The van der Waals surface area contributed by atoms with Crippen molar-refractivity contribution in [2.75, 3.05) is 0 Å². The van der Waals surface area contributed by atoms with E-state index in [0.717, 1.165) is 5.92 Å². The lowest BCUT2D eigenvalue weighted by molar-refractivity contribution is 0.842. The predicted molar refractivity (Wildman–Crippen MR) is 59.2 cm³/mol. The van der Waals surface area contributed by atoms with Gasteiger partial charge in [0.25, 0.3) is 0 Å². The molecule has 1 aromatic carbocycles. The number of hydrogen-bond donors (Lipinski definition) is 0. The van der Waals surface area contributed by atoms with Crippen LogP contribution in [0.15, 0.2) is 24.3 Å². The molecule has 0 atom stereocenters. The highest BCUT2D eigenvalue weighted by Crippen LogP contribution is 2.42. The van der Waals surface area contributed by atoms with Gasteiger partial charge in [0.2, 0.25) is 0 Å². The molecule has 1 aliphatic carbocycles. The van der Waals surface area contributed by atoms with Crippen LogP contribution in [-0.2, 0) is 0 Å². The predicted octanol–water partition coefficient (Wildman–Crippen LogP) is 4.32. The minimum atomic E-state index is 0. The van der Waals surface area contributed by atoms with Crippen LogP contribution in [-0.4, -0.2) is 0 Å². The van der Waals surface area contributed by atoms with Crippen LogP contribution < -0.4 is 0 Å². The standard InChI is InChI=1S/C12H16.CH4/c1-9(2)11-5-3-4-6-12(11)10-7-8-10;/h3-6,9-10H,7-8H2,1-2H3;1H4. The molecule has 0 unspecified atom stereocenters. The molecule has 0 heteroatoms. The fraction of sp³-hybridized carbons (Fsp3) is 0.538. The summed E-state index contributed by atoms with van der Waals surface area (Å²) >= 11 is 0. The lowest BCUT2D eigenvalue weighted by Gasteiger charge is -2.11. The van der Waals surface area contributed by atoms with Crippen molar-refractivity contribution in [3.05, 3.63) is 35.4 Å². The van der Waals surface area contributed by atoms with Crippen molar-refractivity contribution in [2.24, 2.45) is 0 Å². The van der Waals surface area contributed by atoms with E-state index in [1.807, 2.05) is 0 Å². The van der Waals surface area contributed by atoms with Crippen molar-refractivity contribution in [1.82, 2.24) is 0 Å². The minimum absolute atomic E-state index is 0. The molecular weight excluding hydrogens is 156 g/mol. The van der Waals surface area contributed by atoms with E-state index in [4.69, 9.17) is 0 Å².